The smallest absolute Gasteiger partial charge is 0.870 e. The summed E-state index contributed by atoms with van der Waals surface area (Å²) >= 11 is 0. The van der Waals surface area contributed by atoms with Gasteiger partial charge in [-0.2, -0.15) is 0 Å². The molecule has 0 aromatic heterocycles. The summed E-state index contributed by atoms with van der Waals surface area (Å²) in [4.78, 5) is 11.2. The van der Waals surface area contributed by atoms with Crippen molar-refractivity contribution in [1.29, 1.82) is 0 Å². The number of ether oxygens (including phenoxy) is 1. The van der Waals surface area contributed by atoms with Crippen molar-refractivity contribution in [3.63, 3.8) is 0 Å². The van der Waals surface area contributed by atoms with Crippen LogP contribution in [0.4, 0.5) is 0 Å². The van der Waals surface area contributed by atoms with Crippen molar-refractivity contribution >= 4 is 0 Å². The topological polar surface area (TPSA) is 49.4 Å². The van der Waals surface area contributed by atoms with Crippen molar-refractivity contribution in [3.8, 4) is 5.75 Å². The Morgan fingerprint density at radius 1 is 1.33 bits per heavy atom. The molecular weight excluding hydrogens is 203 g/mol. The molecule has 1 heterocycles. The minimum atomic E-state index is -0.458. The molecule has 0 saturated carbocycles. The van der Waals surface area contributed by atoms with Gasteiger partial charge in [-0.05, 0) is 24.5 Å². The summed E-state index contributed by atoms with van der Waals surface area (Å²) in [5.74, 6) is -0.429. The van der Waals surface area contributed by atoms with Gasteiger partial charge in [0.15, 0.2) is 5.43 Å². The minimum absolute atomic E-state index is 0. The summed E-state index contributed by atoms with van der Waals surface area (Å²) in [5, 5.41) is 11.6. The molecule has 2 rings (SSSR count). The monoisotopic (exact) mass is 214 g/mol. The van der Waals surface area contributed by atoms with Crippen LogP contribution in [0.15, 0.2) is 29.1 Å². The first-order valence-corrected chi connectivity index (χ1v) is 4.71. The normalized spacial score (nSPS) is 19.6. The minimum Gasteiger partial charge on any atom is -0.870 e. The third-order valence-electron chi connectivity index (χ3n) is 2.40. The molecule has 1 fully saturated rings. The predicted octanol–water partition coefficient (Wildman–Crippen LogP) is -2.02. The van der Waals surface area contributed by atoms with Crippen LogP contribution in [0.3, 0.4) is 0 Å². The molecule has 1 atom stereocenters. The largest absolute Gasteiger partial charge is 1.00 e. The van der Waals surface area contributed by atoms with Crippen molar-refractivity contribution in [2.75, 3.05) is 6.61 Å². The van der Waals surface area contributed by atoms with Crippen LogP contribution >= 0.6 is 0 Å². The van der Waals surface area contributed by atoms with E-state index in [1.165, 1.54) is 6.07 Å². The molecule has 0 N–H and O–H groups in total. The molecule has 1 saturated heterocycles. The molecule has 1 aliphatic rings. The molecule has 1 aliphatic heterocycles. The summed E-state index contributed by atoms with van der Waals surface area (Å²) < 4.78 is 5.38. The third kappa shape index (κ3) is 2.82. The first-order valence-electron chi connectivity index (χ1n) is 4.71. The van der Waals surface area contributed by atoms with Crippen molar-refractivity contribution in [2.45, 2.75) is 18.9 Å². The van der Waals surface area contributed by atoms with E-state index in [4.69, 9.17) is 4.74 Å². The van der Waals surface area contributed by atoms with Crippen LogP contribution in [0.1, 0.15) is 24.5 Å². The second kappa shape index (κ2) is 5.66. The second-order valence-corrected chi connectivity index (χ2v) is 3.37. The van der Waals surface area contributed by atoms with Gasteiger partial charge in [0.1, 0.15) is 0 Å². The Labute approximate surface area is 110 Å². The molecule has 0 amide bonds. The number of rotatable bonds is 1. The maximum atomic E-state index is 11.6. The molecule has 0 spiro atoms. The van der Waals surface area contributed by atoms with E-state index in [0.29, 0.717) is 12.2 Å². The fourth-order valence-corrected chi connectivity index (χ4v) is 1.67. The van der Waals surface area contributed by atoms with Crippen molar-refractivity contribution in [3.05, 3.63) is 40.1 Å². The molecule has 4 heteroatoms. The van der Waals surface area contributed by atoms with Gasteiger partial charge in [-0.25, -0.2) is 0 Å². The average Bonchev–Trinajstić information content (AvgIpc) is 2.64. The second-order valence-electron chi connectivity index (χ2n) is 3.37. The van der Waals surface area contributed by atoms with Gasteiger partial charge < -0.3 is 9.84 Å². The summed E-state index contributed by atoms with van der Waals surface area (Å²) in [5.41, 5.74) is 0.0398. The van der Waals surface area contributed by atoms with E-state index < -0.39 is 11.2 Å². The molecule has 1 aromatic carbocycles. The number of hydrogen-bond acceptors (Lipinski definition) is 3. The van der Waals surface area contributed by atoms with E-state index >= 15 is 0 Å². The Morgan fingerprint density at radius 3 is 2.73 bits per heavy atom. The summed E-state index contributed by atoms with van der Waals surface area (Å²) in [6.45, 7) is 0.677. The summed E-state index contributed by atoms with van der Waals surface area (Å²) in [6.07, 6.45) is 1.61. The maximum absolute atomic E-state index is 11.6. The van der Waals surface area contributed by atoms with E-state index in [-0.39, 0.29) is 35.7 Å². The van der Waals surface area contributed by atoms with Crippen molar-refractivity contribution in [1.82, 2.24) is 0 Å². The van der Waals surface area contributed by atoms with Gasteiger partial charge in [-0.15, -0.1) is 0 Å². The van der Waals surface area contributed by atoms with Gasteiger partial charge in [0.05, 0.1) is 6.10 Å². The Hall–Kier alpha value is -0.350. The molecule has 15 heavy (non-hydrogen) atoms. The molecule has 1 unspecified atom stereocenters. The molecule has 3 nitrogen and oxygen atoms in total. The zero-order valence-corrected chi connectivity index (χ0v) is 10.7. The molecular formula is C11H11NaO3. The molecule has 74 valence electrons. The van der Waals surface area contributed by atoms with Crippen LogP contribution in [0.25, 0.3) is 0 Å². The predicted molar refractivity (Wildman–Crippen MR) is 50.1 cm³/mol. The van der Waals surface area contributed by atoms with Crippen LogP contribution < -0.4 is 40.1 Å². The van der Waals surface area contributed by atoms with Gasteiger partial charge in [0.2, 0.25) is 0 Å². The molecule has 0 bridgehead atoms. The SMILES string of the molecule is O=c1ccccc(C2CCCO2)c1[O-].[Na+]. The molecule has 0 aliphatic carbocycles. The van der Waals surface area contributed by atoms with E-state index in [9.17, 15) is 9.90 Å². The average molecular weight is 214 g/mol. The van der Waals surface area contributed by atoms with Gasteiger partial charge in [0.25, 0.3) is 0 Å². The maximum Gasteiger partial charge on any atom is 1.00 e. The van der Waals surface area contributed by atoms with Crippen LogP contribution in [0.5, 0.6) is 5.75 Å². The summed E-state index contributed by atoms with van der Waals surface area (Å²) in [6, 6.07) is 6.27. The van der Waals surface area contributed by atoms with Gasteiger partial charge in [0, 0.05) is 6.61 Å². The van der Waals surface area contributed by atoms with E-state index in [1.54, 1.807) is 18.2 Å². The Bertz CT molecular complexity index is 386. The van der Waals surface area contributed by atoms with Crippen molar-refractivity contribution in [2.24, 2.45) is 0 Å². The van der Waals surface area contributed by atoms with Crippen molar-refractivity contribution < 1.29 is 39.4 Å². The van der Waals surface area contributed by atoms with Gasteiger partial charge >= 0.3 is 29.6 Å². The Morgan fingerprint density at radius 2 is 2.07 bits per heavy atom. The van der Waals surface area contributed by atoms with E-state index in [1.807, 2.05) is 0 Å². The molecule has 1 aromatic rings. The fourth-order valence-electron chi connectivity index (χ4n) is 1.67. The van der Waals surface area contributed by atoms with Gasteiger partial charge in [-0.3, -0.25) is 4.79 Å². The van der Waals surface area contributed by atoms with E-state index in [2.05, 4.69) is 0 Å². The Balaban J connectivity index is 0.00000112. The van der Waals surface area contributed by atoms with Crippen LogP contribution in [0, 0.1) is 0 Å². The van der Waals surface area contributed by atoms with Crippen LogP contribution in [0.2, 0.25) is 0 Å². The third-order valence-corrected chi connectivity index (χ3v) is 2.40. The molecule has 0 radical (unpaired) electrons. The summed E-state index contributed by atoms with van der Waals surface area (Å²) in [7, 11) is 0. The number of hydrogen-bond donors (Lipinski definition) is 0. The first kappa shape index (κ1) is 12.7. The van der Waals surface area contributed by atoms with Crippen LogP contribution in [-0.2, 0) is 4.74 Å². The quantitative estimate of drug-likeness (QED) is 0.507. The Kier molecular flexibility index (Phi) is 4.80. The zero-order chi connectivity index (χ0) is 9.97. The first-order chi connectivity index (χ1) is 6.79. The standard InChI is InChI=1S/C11H12O3.Na/c12-9-5-2-1-4-8(11(9)13)10-6-3-7-14-10;/h1-2,4-5,10H,3,6-7H2,(H,12,13);/q;+1/p-1. The van der Waals surface area contributed by atoms with Gasteiger partial charge in [-0.1, -0.05) is 23.9 Å². The van der Waals surface area contributed by atoms with E-state index in [0.717, 1.165) is 12.8 Å². The zero-order valence-electron chi connectivity index (χ0n) is 8.73. The fraction of sp³-hybridized carbons (Fsp3) is 0.364. The van der Waals surface area contributed by atoms with Crippen LogP contribution in [-0.4, -0.2) is 6.61 Å².